The Morgan fingerprint density at radius 2 is 2.00 bits per heavy atom. The SMILES string of the molecule is Cn1ccn(-c2ccc(C3CCCNC3)cc2)c1=O. The summed E-state index contributed by atoms with van der Waals surface area (Å²) in [6, 6.07) is 8.36. The third-order valence-corrected chi connectivity index (χ3v) is 3.89. The lowest BCUT2D eigenvalue weighted by molar-refractivity contribution is 0.461. The van der Waals surface area contributed by atoms with E-state index in [4.69, 9.17) is 0 Å². The summed E-state index contributed by atoms with van der Waals surface area (Å²) in [6.45, 7) is 2.19. The number of nitrogens with one attached hydrogen (secondary N) is 1. The van der Waals surface area contributed by atoms with Crippen molar-refractivity contribution in [2.45, 2.75) is 18.8 Å². The topological polar surface area (TPSA) is 39.0 Å². The lowest BCUT2D eigenvalue weighted by Crippen LogP contribution is -2.28. The molecule has 1 aliphatic rings. The molecule has 1 saturated heterocycles. The average Bonchev–Trinajstić information content (AvgIpc) is 2.80. The van der Waals surface area contributed by atoms with Crippen LogP contribution in [0.3, 0.4) is 0 Å². The number of benzene rings is 1. The number of aryl methyl sites for hydroxylation is 1. The summed E-state index contributed by atoms with van der Waals surface area (Å²) >= 11 is 0. The van der Waals surface area contributed by atoms with Crippen molar-refractivity contribution >= 4 is 0 Å². The van der Waals surface area contributed by atoms with Gasteiger partial charge < -0.3 is 9.88 Å². The predicted octanol–water partition coefficient (Wildman–Crippen LogP) is 1.64. The number of rotatable bonds is 2. The van der Waals surface area contributed by atoms with Gasteiger partial charge in [-0.2, -0.15) is 0 Å². The molecule has 0 spiro atoms. The first kappa shape index (κ1) is 12.2. The lowest BCUT2D eigenvalue weighted by atomic mass is 9.92. The highest BCUT2D eigenvalue weighted by molar-refractivity contribution is 5.36. The van der Waals surface area contributed by atoms with Crippen molar-refractivity contribution < 1.29 is 0 Å². The fraction of sp³-hybridized carbons (Fsp3) is 0.400. The molecule has 2 heterocycles. The first-order valence-corrected chi connectivity index (χ1v) is 6.81. The van der Waals surface area contributed by atoms with Crippen LogP contribution in [0.25, 0.3) is 5.69 Å². The van der Waals surface area contributed by atoms with Crippen molar-refractivity contribution in [1.29, 1.82) is 0 Å². The fourth-order valence-electron chi connectivity index (χ4n) is 2.70. The molecule has 4 nitrogen and oxygen atoms in total. The van der Waals surface area contributed by atoms with Crippen molar-refractivity contribution in [2.24, 2.45) is 7.05 Å². The van der Waals surface area contributed by atoms with Crippen LogP contribution in [0.1, 0.15) is 24.3 Å². The van der Waals surface area contributed by atoms with Crippen LogP contribution in [0, 0.1) is 0 Å². The summed E-state index contributed by atoms with van der Waals surface area (Å²) in [5, 5.41) is 3.43. The summed E-state index contributed by atoms with van der Waals surface area (Å²) < 4.78 is 3.25. The van der Waals surface area contributed by atoms with Crippen molar-refractivity contribution in [2.75, 3.05) is 13.1 Å². The normalized spacial score (nSPS) is 19.5. The Hall–Kier alpha value is -1.81. The molecule has 0 radical (unpaired) electrons. The number of nitrogens with zero attached hydrogens (tertiary/aromatic N) is 2. The van der Waals surface area contributed by atoms with Crippen molar-refractivity contribution in [3.05, 3.63) is 52.7 Å². The average molecular weight is 257 g/mol. The van der Waals surface area contributed by atoms with Crippen LogP contribution in [0.4, 0.5) is 0 Å². The van der Waals surface area contributed by atoms with Crippen LogP contribution in [-0.2, 0) is 7.05 Å². The molecule has 1 aromatic heterocycles. The molecule has 100 valence electrons. The van der Waals surface area contributed by atoms with Crippen LogP contribution in [0.15, 0.2) is 41.5 Å². The van der Waals surface area contributed by atoms with Gasteiger partial charge in [0, 0.05) is 26.0 Å². The van der Waals surface area contributed by atoms with Gasteiger partial charge in [-0.3, -0.25) is 4.57 Å². The molecular weight excluding hydrogens is 238 g/mol. The van der Waals surface area contributed by atoms with E-state index in [0.29, 0.717) is 5.92 Å². The Bertz CT molecular complexity index is 603. The monoisotopic (exact) mass is 257 g/mol. The van der Waals surface area contributed by atoms with Gasteiger partial charge in [0.25, 0.3) is 0 Å². The van der Waals surface area contributed by atoms with Crippen LogP contribution >= 0.6 is 0 Å². The van der Waals surface area contributed by atoms with Gasteiger partial charge in [-0.25, -0.2) is 4.79 Å². The Labute approximate surface area is 112 Å². The Morgan fingerprint density at radius 1 is 1.21 bits per heavy atom. The maximum absolute atomic E-state index is 11.9. The second kappa shape index (κ2) is 5.05. The third-order valence-electron chi connectivity index (χ3n) is 3.89. The van der Waals surface area contributed by atoms with E-state index in [9.17, 15) is 4.79 Å². The Kier molecular flexibility index (Phi) is 3.25. The van der Waals surface area contributed by atoms with Gasteiger partial charge in [0.2, 0.25) is 0 Å². The molecule has 1 aromatic carbocycles. The zero-order valence-electron chi connectivity index (χ0n) is 11.2. The first-order valence-electron chi connectivity index (χ1n) is 6.81. The van der Waals surface area contributed by atoms with Crippen LogP contribution < -0.4 is 11.0 Å². The second-order valence-corrected chi connectivity index (χ2v) is 5.20. The van der Waals surface area contributed by atoms with Gasteiger partial charge in [0.15, 0.2) is 0 Å². The van der Waals surface area contributed by atoms with Crippen LogP contribution in [0.2, 0.25) is 0 Å². The summed E-state index contributed by atoms with van der Waals surface area (Å²) in [5.74, 6) is 0.607. The van der Waals surface area contributed by atoms with Gasteiger partial charge >= 0.3 is 5.69 Å². The van der Waals surface area contributed by atoms with Crippen molar-refractivity contribution in [3.8, 4) is 5.69 Å². The highest BCUT2D eigenvalue weighted by Crippen LogP contribution is 2.23. The molecule has 1 N–H and O–H groups in total. The fourth-order valence-corrected chi connectivity index (χ4v) is 2.70. The molecule has 1 fully saturated rings. The highest BCUT2D eigenvalue weighted by Gasteiger charge is 2.14. The zero-order valence-corrected chi connectivity index (χ0v) is 11.2. The van der Waals surface area contributed by atoms with Gasteiger partial charge in [-0.15, -0.1) is 0 Å². The minimum absolute atomic E-state index is 0.00733. The molecule has 0 saturated carbocycles. The zero-order chi connectivity index (χ0) is 13.2. The van der Waals surface area contributed by atoms with Crippen molar-refractivity contribution in [3.63, 3.8) is 0 Å². The van der Waals surface area contributed by atoms with E-state index in [1.165, 1.54) is 18.4 Å². The lowest BCUT2D eigenvalue weighted by Gasteiger charge is -2.23. The standard InChI is InChI=1S/C15H19N3O/c1-17-9-10-18(15(17)19)14-6-4-12(5-7-14)13-3-2-8-16-11-13/h4-7,9-10,13,16H,2-3,8,11H2,1H3. The van der Waals surface area contributed by atoms with E-state index in [1.54, 1.807) is 28.6 Å². The number of piperidine rings is 1. The number of aromatic nitrogens is 2. The molecule has 1 atom stereocenters. The van der Waals surface area contributed by atoms with E-state index >= 15 is 0 Å². The maximum atomic E-state index is 11.9. The molecule has 19 heavy (non-hydrogen) atoms. The molecule has 1 aliphatic heterocycles. The second-order valence-electron chi connectivity index (χ2n) is 5.20. The number of imidazole rings is 1. The quantitative estimate of drug-likeness (QED) is 0.888. The predicted molar refractivity (Wildman–Crippen MR) is 75.9 cm³/mol. The molecule has 3 rings (SSSR count). The van der Waals surface area contributed by atoms with E-state index in [0.717, 1.165) is 18.8 Å². The third kappa shape index (κ3) is 2.36. The molecule has 1 unspecified atom stereocenters. The van der Waals surface area contributed by atoms with Gasteiger partial charge in [0.05, 0.1) is 5.69 Å². The first-order chi connectivity index (χ1) is 9.25. The maximum Gasteiger partial charge on any atom is 0.332 e. The largest absolute Gasteiger partial charge is 0.332 e. The van der Waals surface area contributed by atoms with Crippen LogP contribution in [0.5, 0.6) is 0 Å². The summed E-state index contributed by atoms with van der Waals surface area (Å²) in [5.41, 5.74) is 2.28. The van der Waals surface area contributed by atoms with Crippen molar-refractivity contribution in [1.82, 2.24) is 14.5 Å². The molecule has 0 bridgehead atoms. The molecular formula is C15H19N3O. The number of hydrogen-bond donors (Lipinski definition) is 1. The van der Waals surface area contributed by atoms with E-state index in [2.05, 4.69) is 17.4 Å². The molecule has 2 aromatic rings. The van der Waals surface area contributed by atoms with Crippen LogP contribution in [-0.4, -0.2) is 22.2 Å². The molecule has 0 amide bonds. The van der Waals surface area contributed by atoms with Gasteiger partial charge in [-0.1, -0.05) is 12.1 Å². The van der Waals surface area contributed by atoms with E-state index < -0.39 is 0 Å². The number of hydrogen-bond acceptors (Lipinski definition) is 2. The summed E-state index contributed by atoms with van der Waals surface area (Å²) in [6.07, 6.45) is 6.07. The van der Waals surface area contributed by atoms with E-state index in [1.807, 2.05) is 12.1 Å². The molecule has 4 heteroatoms. The molecule has 0 aliphatic carbocycles. The minimum Gasteiger partial charge on any atom is -0.316 e. The Morgan fingerprint density at radius 3 is 2.58 bits per heavy atom. The minimum atomic E-state index is -0.00733. The summed E-state index contributed by atoms with van der Waals surface area (Å²) in [7, 11) is 1.76. The summed E-state index contributed by atoms with van der Waals surface area (Å²) in [4.78, 5) is 11.9. The van der Waals surface area contributed by atoms with E-state index in [-0.39, 0.29) is 5.69 Å². The highest BCUT2D eigenvalue weighted by atomic mass is 16.1. The Balaban J connectivity index is 1.86. The van der Waals surface area contributed by atoms with Gasteiger partial charge in [0.1, 0.15) is 0 Å². The van der Waals surface area contributed by atoms with Gasteiger partial charge in [-0.05, 0) is 43.0 Å². The smallest absolute Gasteiger partial charge is 0.316 e.